The minimum atomic E-state index is -0.622. The van der Waals surface area contributed by atoms with Crippen molar-refractivity contribution in [3.8, 4) is 17.6 Å². The topological polar surface area (TPSA) is 63.6 Å². The van der Waals surface area contributed by atoms with Crippen LogP contribution < -0.4 is 0 Å². The number of phenols is 1. The minimum absolute atomic E-state index is 0.114. The first-order chi connectivity index (χ1) is 7.67. The van der Waals surface area contributed by atoms with E-state index < -0.39 is 5.97 Å². The number of hydrogen-bond donors (Lipinski definition) is 1. The van der Waals surface area contributed by atoms with E-state index in [4.69, 9.17) is 0 Å². The third kappa shape index (κ3) is 3.14. The standard InChI is InChI=1S/C12H10O4/c1-2-16-12(15)6-4-9-3-5-11(14)10(7-9)8-13/h3,5,7-8,14H,2H2,1H3. The van der Waals surface area contributed by atoms with Gasteiger partial charge < -0.3 is 9.84 Å². The van der Waals surface area contributed by atoms with Gasteiger partial charge >= 0.3 is 5.97 Å². The first kappa shape index (κ1) is 11.8. The molecule has 0 saturated heterocycles. The molecule has 4 nitrogen and oxygen atoms in total. The van der Waals surface area contributed by atoms with Gasteiger partial charge in [0.2, 0.25) is 0 Å². The van der Waals surface area contributed by atoms with E-state index in [1.54, 1.807) is 6.92 Å². The van der Waals surface area contributed by atoms with Crippen molar-refractivity contribution in [3.63, 3.8) is 0 Å². The van der Waals surface area contributed by atoms with Crippen LogP contribution in [-0.4, -0.2) is 24.0 Å². The maximum atomic E-state index is 10.9. The van der Waals surface area contributed by atoms with Crippen molar-refractivity contribution in [2.75, 3.05) is 6.61 Å². The van der Waals surface area contributed by atoms with E-state index in [-0.39, 0.29) is 17.9 Å². The molecule has 0 spiro atoms. The number of aromatic hydroxyl groups is 1. The maximum absolute atomic E-state index is 10.9. The van der Waals surface area contributed by atoms with Crippen molar-refractivity contribution >= 4 is 12.3 Å². The molecule has 0 saturated carbocycles. The average molecular weight is 218 g/mol. The molecule has 0 aliphatic rings. The summed E-state index contributed by atoms with van der Waals surface area (Å²) in [5.41, 5.74) is 0.601. The lowest BCUT2D eigenvalue weighted by Crippen LogP contribution is -1.99. The smallest absolute Gasteiger partial charge is 0.384 e. The average Bonchev–Trinajstić information content (AvgIpc) is 2.28. The number of carbonyl (C=O) groups excluding carboxylic acids is 2. The monoisotopic (exact) mass is 218 g/mol. The van der Waals surface area contributed by atoms with Gasteiger partial charge in [-0.2, -0.15) is 0 Å². The molecular weight excluding hydrogens is 208 g/mol. The molecule has 0 unspecified atom stereocenters. The number of carbonyl (C=O) groups is 2. The highest BCUT2D eigenvalue weighted by Gasteiger charge is 2.00. The van der Waals surface area contributed by atoms with Crippen LogP contribution in [0.3, 0.4) is 0 Å². The van der Waals surface area contributed by atoms with Gasteiger partial charge in [0, 0.05) is 11.5 Å². The Morgan fingerprint density at radius 1 is 1.56 bits per heavy atom. The van der Waals surface area contributed by atoms with Crippen LogP contribution in [0.4, 0.5) is 0 Å². The van der Waals surface area contributed by atoms with Gasteiger partial charge in [-0.3, -0.25) is 4.79 Å². The second-order valence-corrected chi connectivity index (χ2v) is 2.86. The summed E-state index contributed by atoms with van der Waals surface area (Å²) in [7, 11) is 0. The number of hydrogen-bond acceptors (Lipinski definition) is 4. The fourth-order valence-electron chi connectivity index (χ4n) is 1.02. The molecule has 0 aliphatic carbocycles. The van der Waals surface area contributed by atoms with E-state index >= 15 is 0 Å². The van der Waals surface area contributed by atoms with Crippen LogP contribution in [0, 0.1) is 11.8 Å². The van der Waals surface area contributed by atoms with Crippen LogP contribution in [-0.2, 0) is 9.53 Å². The first-order valence-corrected chi connectivity index (χ1v) is 4.64. The second kappa shape index (κ2) is 5.56. The molecular formula is C12H10O4. The van der Waals surface area contributed by atoms with Crippen molar-refractivity contribution in [3.05, 3.63) is 29.3 Å². The molecule has 1 N–H and O–H groups in total. The van der Waals surface area contributed by atoms with Crippen LogP contribution >= 0.6 is 0 Å². The summed E-state index contributed by atoms with van der Waals surface area (Å²) in [6.07, 6.45) is 0.519. The van der Waals surface area contributed by atoms with Gasteiger partial charge in [-0.1, -0.05) is 5.92 Å². The highest BCUT2D eigenvalue weighted by atomic mass is 16.5. The molecule has 0 radical (unpaired) electrons. The molecule has 0 heterocycles. The molecule has 1 aromatic rings. The maximum Gasteiger partial charge on any atom is 0.384 e. The molecule has 16 heavy (non-hydrogen) atoms. The fraction of sp³-hybridized carbons (Fsp3) is 0.167. The molecule has 82 valence electrons. The van der Waals surface area contributed by atoms with E-state index in [2.05, 4.69) is 16.6 Å². The molecule has 0 bridgehead atoms. The Bertz CT molecular complexity index is 466. The molecule has 1 rings (SSSR count). The van der Waals surface area contributed by atoms with E-state index in [1.807, 2.05) is 0 Å². The SMILES string of the molecule is CCOC(=O)C#Cc1ccc(O)c(C=O)c1. The molecule has 0 fully saturated rings. The normalized spacial score (nSPS) is 8.81. The van der Waals surface area contributed by atoms with E-state index in [9.17, 15) is 14.7 Å². The summed E-state index contributed by atoms with van der Waals surface area (Å²) < 4.78 is 4.61. The zero-order valence-corrected chi connectivity index (χ0v) is 8.69. The minimum Gasteiger partial charge on any atom is -0.507 e. The van der Waals surface area contributed by atoms with Crippen LogP contribution in [0.25, 0.3) is 0 Å². The Kier molecular flexibility index (Phi) is 4.10. The highest BCUT2D eigenvalue weighted by molar-refractivity contribution is 5.89. The van der Waals surface area contributed by atoms with Gasteiger partial charge in [0.15, 0.2) is 6.29 Å². The van der Waals surface area contributed by atoms with Gasteiger partial charge in [-0.15, -0.1) is 0 Å². The molecule has 0 aliphatic heterocycles. The number of esters is 1. The van der Waals surface area contributed by atoms with Gasteiger partial charge in [-0.25, -0.2) is 4.79 Å². The zero-order chi connectivity index (χ0) is 12.0. The largest absolute Gasteiger partial charge is 0.507 e. The van der Waals surface area contributed by atoms with Crippen molar-refractivity contribution in [2.24, 2.45) is 0 Å². The van der Waals surface area contributed by atoms with E-state index in [1.165, 1.54) is 18.2 Å². The van der Waals surface area contributed by atoms with E-state index in [0.29, 0.717) is 11.8 Å². The number of phenolic OH excluding ortho intramolecular Hbond substituents is 1. The molecule has 0 aromatic heterocycles. The summed E-state index contributed by atoms with van der Waals surface area (Å²) >= 11 is 0. The zero-order valence-electron chi connectivity index (χ0n) is 8.69. The molecule has 0 atom stereocenters. The third-order valence-electron chi connectivity index (χ3n) is 1.74. The predicted molar refractivity (Wildman–Crippen MR) is 57.0 cm³/mol. The molecule has 4 heteroatoms. The number of aldehydes is 1. The van der Waals surface area contributed by atoms with E-state index in [0.717, 1.165) is 0 Å². The third-order valence-corrected chi connectivity index (χ3v) is 1.74. The van der Waals surface area contributed by atoms with Gasteiger partial charge in [0.05, 0.1) is 12.2 Å². The summed E-state index contributed by atoms with van der Waals surface area (Å²) in [6, 6.07) is 4.25. The molecule has 1 aromatic carbocycles. The predicted octanol–water partition coefficient (Wildman–Crippen LogP) is 1.12. The van der Waals surface area contributed by atoms with Gasteiger partial charge in [-0.05, 0) is 25.1 Å². The Balaban J connectivity index is 2.89. The van der Waals surface area contributed by atoms with Crippen molar-refractivity contribution in [1.29, 1.82) is 0 Å². The second-order valence-electron chi connectivity index (χ2n) is 2.86. The number of ether oxygens (including phenoxy) is 1. The number of benzene rings is 1. The fourth-order valence-corrected chi connectivity index (χ4v) is 1.02. The summed E-state index contributed by atoms with van der Waals surface area (Å²) in [4.78, 5) is 21.4. The summed E-state index contributed by atoms with van der Waals surface area (Å²) in [5.74, 6) is 4.06. The lowest BCUT2D eigenvalue weighted by Gasteiger charge is -1.96. The Hall–Kier alpha value is -2.28. The number of rotatable bonds is 2. The quantitative estimate of drug-likeness (QED) is 0.459. The van der Waals surface area contributed by atoms with Crippen LogP contribution in [0.15, 0.2) is 18.2 Å². The van der Waals surface area contributed by atoms with Crippen molar-refractivity contribution in [1.82, 2.24) is 0 Å². The van der Waals surface area contributed by atoms with Crippen LogP contribution in [0.5, 0.6) is 5.75 Å². The Labute approximate surface area is 92.9 Å². The first-order valence-electron chi connectivity index (χ1n) is 4.64. The van der Waals surface area contributed by atoms with Crippen LogP contribution in [0.2, 0.25) is 0 Å². The lowest BCUT2D eigenvalue weighted by atomic mass is 10.1. The summed E-state index contributed by atoms with van der Waals surface area (Å²) in [6.45, 7) is 1.95. The molecule has 0 amide bonds. The van der Waals surface area contributed by atoms with Crippen molar-refractivity contribution in [2.45, 2.75) is 6.92 Å². The summed E-state index contributed by atoms with van der Waals surface area (Å²) in [5, 5.41) is 9.23. The van der Waals surface area contributed by atoms with Crippen LogP contribution in [0.1, 0.15) is 22.8 Å². The van der Waals surface area contributed by atoms with Gasteiger partial charge in [0.1, 0.15) is 5.75 Å². The Morgan fingerprint density at radius 2 is 2.31 bits per heavy atom. The van der Waals surface area contributed by atoms with Gasteiger partial charge in [0.25, 0.3) is 0 Å². The lowest BCUT2D eigenvalue weighted by molar-refractivity contribution is -0.136. The highest BCUT2D eigenvalue weighted by Crippen LogP contribution is 2.15. The van der Waals surface area contributed by atoms with Crippen molar-refractivity contribution < 1.29 is 19.4 Å². The Morgan fingerprint density at radius 3 is 2.94 bits per heavy atom.